The largest absolute Gasteiger partial charge is 0.287 e. The molecule has 1 heterocycles. The zero-order valence-corrected chi connectivity index (χ0v) is 9.25. The molecule has 0 N–H and O–H groups in total. The van der Waals surface area contributed by atoms with E-state index < -0.39 is 0 Å². The number of aryl methyl sites for hydroxylation is 1. The summed E-state index contributed by atoms with van der Waals surface area (Å²) in [7, 11) is 0. The normalized spacial score (nSPS) is 10.2. The summed E-state index contributed by atoms with van der Waals surface area (Å²) in [6.45, 7) is 2.09. The van der Waals surface area contributed by atoms with Crippen molar-refractivity contribution in [3.8, 4) is 0 Å². The van der Waals surface area contributed by atoms with Crippen LogP contribution in [0.2, 0.25) is 0 Å². The highest BCUT2D eigenvalue weighted by molar-refractivity contribution is 7.07. The smallest absolute Gasteiger partial charge is 0.212 e. The zero-order valence-electron chi connectivity index (χ0n) is 8.43. The van der Waals surface area contributed by atoms with Gasteiger partial charge in [-0.15, -0.1) is 11.3 Å². The zero-order chi connectivity index (χ0) is 10.7. The predicted molar refractivity (Wildman–Crippen MR) is 61.4 cm³/mol. The summed E-state index contributed by atoms with van der Waals surface area (Å²) in [6, 6.07) is 7.69. The van der Waals surface area contributed by atoms with Crippen LogP contribution in [0.1, 0.15) is 28.5 Å². The van der Waals surface area contributed by atoms with Gasteiger partial charge in [0.15, 0.2) is 0 Å². The molecule has 0 unspecified atom stereocenters. The van der Waals surface area contributed by atoms with Crippen molar-refractivity contribution < 1.29 is 4.79 Å². The summed E-state index contributed by atoms with van der Waals surface area (Å²) in [5.74, 6) is -0.00102. The van der Waals surface area contributed by atoms with Crippen LogP contribution in [0.25, 0.3) is 0 Å². The van der Waals surface area contributed by atoms with Gasteiger partial charge in [0.2, 0.25) is 5.78 Å². The standard InChI is InChI=1S/C12H11NOS/c1-2-9-3-5-10(6-4-9)12(14)11-7-15-8-13-11/h3-8H,2H2,1H3. The highest BCUT2D eigenvalue weighted by Crippen LogP contribution is 2.11. The molecule has 0 aliphatic rings. The Morgan fingerprint density at radius 1 is 1.33 bits per heavy atom. The number of aromatic nitrogens is 1. The molecule has 0 saturated carbocycles. The predicted octanol–water partition coefficient (Wildman–Crippen LogP) is 2.94. The fraction of sp³-hybridized carbons (Fsp3) is 0.167. The average Bonchev–Trinajstić information content (AvgIpc) is 2.82. The highest BCUT2D eigenvalue weighted by Gasteiger charge is 2.09. The maximum atomic E-state index is 11.9. The summed E-state index contributed by atoms with van der Waals surface area (Å²) in [6.07, 6.45) is 0.991. The van der Waals surface area contributed by atoms with Crippen molar-refractivity contribution in [1.82, 2.24) is 4.98 Å². The van der Waals surface area contributed by atoms with Gasteiger partial charge in [-0.25, -0.2) is 4.98 Å². The second-order valence-electron chi connectivity index (χ2n) is 3.25. The molecular weight excluding hydrogens is 206 g/mol. The minimum absolute atomic E-state index is 0.00102. The van der Waals surface area contributed by atoms with Gasteiger partial charge in [0.25, 0.3) is 0 Å². The number of hydrogen-bond acceptors (Lipinski definition) is 3. The van der Waals surface area contributed by atoms with Crippen molar-refractivity contribution in [2.75, 3.05) is 0 Å². The number of carbonyl (C=O) groups excluding carboxylic acids is 1. The number of benzene rings is 1. The molecule has 15 heavy (non-hydrogen) atoms. The first-order valence-electron chi connectivity index (χ1n) is 4.83. The Kier molecular flexibility index (Phi) is 2.92. The van der Waals surface area contributed by atoms with E-state index >= 15 is 0 Å². The number of rotatable bonds is 3. The number of carbonyl (C=O) groups is 1. The number of thiazole rings is 1. The maximum Gasteiger partial charge on any atom is 0.212 e. The third kappa shape index (κ3) is 2.13. The molecule has 0 saturated heterocycles. The Bertz CT molecular complexity index is 445. The van der Waals surface area contributed by atoms with Gasteiger partial charge in [-0.1, -0.05) is 31.2 Å². The molecule has 2 rings (SSSR count). The average molecular weight is 217 g/mol. The molecule has 2 aromatic rings. The third-order valence-corrected chi connectivity index (χ3v) is 2.88. The minimum Gasteiger partial charge on any atom is -0.287 e. The molecule has 76 valence electrons. The van der Waals surface area contributed by atoms with Crippen molar-refractivity contribution in [3.63, 3.8) is 0 Å². The Balaban J connectivity index is 2.27. The first-order chi connectivity index (χ1) is 7.31. The molecule has 0 aliphatic carbocycles. The monoisotopic (exact) mass is 217 g/mol. The van der Waals surface area contributed by atoms with Crippen molar-refractivity contribution in [3.05, 3.63) is 52.0 Å². The van der Waals surface area contributed by atoms with Gasteiger partial charge in [0.1, 0.15) is 5.69 Å². The van der Waals surface area contributed by atoms with Gasteiger partial charge in [0, 0.05) is 10.9 Å². The lowest BCUT2D eigenvalue weighted by atomic mass is 10.1. The Labute approximate surface area is 92.6 Å². The first kappa shape index (κ1) is 10.1. The van der Waals surface area contributed by atoms with Crippen molar-refractivity contribution in [1.29, 1.82) is 0 Å². The van der Waals surface area contributed by atoms with Crippen LogP contribution in [0.15, 0.2) is 35.2 Å². The van der Waals surface area contributed by atoms with E-state index in [4.69, 9.17) is 0 Å². The molecule has 2 nitrogen and oxygen atoms in total. The molecule has 0 fully saturated rings. The molecular formula is C12H11NOS. The van der Waals surface area contributed by atoms with Gasteiger partial charge >= 0.3 is 0 Å². The van der Waals surface area contributed by atoms with Gasteiger partial charge < -0.3 is 0 Å². The molecule has 1 aromatic carbocycles. The molecule has 0 amide bonds. The fourth-order valence-corrected chi connectivity index (χ4v) is 1.90. The summed E-state index contributed by atoms with van der Waals surface area (Å²) >= 11 is 1.44. The molecule has 0 aliphatic heterocycles. The molecule has 0 spiro atoms. The van der Waals surface area contributed by atoms with E-state index in [-0.39, 0.29) is 5.78 Å². The molecule has 0 atom stereocenters. The lowest BCUT2D eigenvalue weighted by Gasteiger charge is -1.99. The van der Waals surface area contributed by atoms with Crippen LogP contribution in [0.5, 0.6) is 0 Å². The summed E-state index contributed by atoms with van der Waals surface area (Å²) in [4.78, 5) is 15.9. The lowest BCUT2D eigenvalue weighted by Crippen LogP contribution is -2.01. The second-order valence-corrected chi connectivity index (χ2v) is 3.97. The van der Waals surface area contributed by atoms with Gasteiger partial charge in [0.05, 0.1) is 5.51 Å². The van der Waals surface area contributed by atoms with Crippen LogP contribution in [0.4, 0.5) is 0 Å². The fourth-order valence-electron chi connectivity index (χ4n) is 1.36. The SMILES string of the molecule is CCc1ccc(C(=O)c2cscn2)cc1. The van der Waals surface area contributed by atoms with E-state index in [1.54, 1.807) is 10.9 Å². The number of ketones is 1. The van der Waals surface area contributed by atoms with Gasteiger partial charge in [-0.05, 0) is 12.0 Å². The number of nitrogens with zero attached hydrogens (tertiary/aromatic N) is 1. The summed E-state index contributed by atoms with van der Waals surface area (Å²) in [5.41, 5.74) is 4.15. The third-order valence-electron chi connectivity index (χ3n) is 2.29. The van der Waals surface area contributed by atoms with Crippen LogP contribution < -0.4 is 0 Å². The molecule has 0 radical (unpaired) electrons. The van der Waals surface area contributed by atoms with Crippen molar-refractivity contribution >= 4 is 17.1 Å². The van der Waals surface area contributed by atoms with Gasteiger partial charge in [-0.3, -0.25) is 4.79 Å². The molecule has 0 bridgehead atoms. The maximum absolute atomic E-state index is 11.9. The summed E-state index contributed by atoms with van der Waals surface area (Å²) < 4.78 is 0. The van der Waals surface area contributed by atoms with Crippen LogP contribution in [-0.4, -0.2) is 10.8 Å². The molecule has 3 heteroatoms. The molecule has 1 aromatic heterocycles. The minimum atomic E-state index is -0.00102. The summed E-state index contributed by atoms with van der Waals surface area (Å²) in [5, 5.41) is 1.77. The van der Waals surface area contributed by atoms with Crippen molar-refractivity contribution in [2.45, 2.75) is 13.3 Å². The van der Waals surface area contributed by atoms with Crippen LogP contribution in [-0.2, 0) is 6.42 Å². The topological polar surface area (TPSA) is 30.0 Å². The highest BCUT2D eigenvalue weighted by atomic mass is 32.1. The van der Waals surface area contributed by atoms with Crippen molar-refractivity contribution in [2.24, 2.45) is 0 Å². The quantitative estimate of drug-likeness (QED) is 0.740. The van der Waals surface area contributed by atoms with Crippen LogP contribution >= 0.6 is 11.3 Å². The Hall–Kier alpha value is -1.48. The van der Waals surface area contributed by atoms with E-state index in [1.165, 1.54) is 16.9 Å². The number of hydrogen-bond donors (Lipinski definition) is 0. The first-order valence-corrected chi connectivity index (χ1v) is 5.77. The Morgan fingerprint density at radius 3 is 2.60 bits per heavy atom. The van der Waals surface area contributed by atoms with Crippen LogP contribution in [0, 0.1) is 0 Å². The van der Waals surface area contributed by atoms with E-state index in [1.807, 2.05) is 24.3 Å². The Morgan fingerprint density at radius 2 is 2.07 bits per heavy atom. The lowest BCUT2D eigenvalue weighted by molar-refractivity contribution is 0.103. The van der Waals surface area contributed by atoms with Crippen LogP contribution in [0.3, 0.4) is 0 Å². The van der Waals surface area contributed by atoms with Gasteiger partial charge in [-0.2, -0.15) is 0 Å². The van der Waals surface area contributed by atoms with E-state index in [2.05, 4.69) is 11.9 Å². The van der Waals surface area contributed by atoms with E-state index in [9.17, 15) is 4.79 Å². The van der Waals surface area contributed by atoms with E-state index in [0.29, 0.717) is 11.3 Å². The van der Waals surface area contributed by atoms with E-state index in [0.717, 1.165) is 6.42 Å². The second kappa shape index (κ2) is 4.36.